The van der Waals surface area contributed by atoms with Crippen LogP contribution in [-0.4, -0.2) is 54.6 Å². The van der Waals surface area contributed by atoms with Crippen LogP contribution in [0.5, 0.6) is 0 Å². The third kappa shape index (κ3) is 6.77. The first kappa shape index (κ1) is 25.5. The maximum atomic E-state index is 13.1. The molecule has 0 saturated heterocycles. The molecule has 0 spiro atoms. The zero-order chi connectivity index (χ0) is 25.7. The first-order valence-electron chi connectivity index (χ1n) is 12.2. The minimum absolute atomic E-state index is 0.0514. The van der Waals surface area contributed by atoms with Crippen LogP contribution in [0.3, 0.4) is 0 Å². The van der Waals surface area contributed by atoms with Crippen molar-refractivity contribution in [3.63, 3.8) is 0 Å². The molecule has 0 aliphatic carbocycles. The van der Waals surface area contributed by atoms with Crippen molar-refractivity contribution in [1.82, 2.24) is 20.2 Å². The summed E-state index contributed by atoms with van der Waals surface area (Å²) in [6, 6.07) is 13.9. The van der Waals surface area contributed by atoms with Gasteiger partial charge in [-0.2, -0.15) is 0 Å². The molecule has 0 saturated carbocycles. The van der Waals surface area contributed by atoms with Crippen LogP contribution in [0.1, 0.15) is 40.9 Å². The fourth-order valence-electron chi connectivity index (χ4n) is 4.45. The molecule has 0 atom stereocenters. The molecule has 36 heavy (non-hydrogen) atoms. The molecule has 4 rings (SSSR count). The number of ether oxygens (including phenoxy) is 1. The van der Waals surface area contributed by atoms with E-state index in [1.165, 1.54) is 0 Å². The van der Waals surface area contributed by atoms with Gasteiger partial charge in [-0.3, -0.25) is 4.79 Å². The Morgan fingerprint density at radius 2 is 2.03 bits per heavy atom. The SMILES string of the molecule is Cc1cnc2nc1-c1cccc(c1)COC/C=C/c1cc(cc(C(=O)NCC(C)(C)CN(C)C)c1)N2. The third-order valence-electron chi connectivity index (χ3n) is 5.91. The van der Waals surface area contributed by atoms with Gasteiger partial charge in [-0.15, -0.1) is 0 Å². The zero-order valence-corrected chi connectivity index (χ0v) is 21.8. The lowest BCUT2D eigenvalue weighted by Crippen LogP contribution is -2.40. The highest BCUT2D eigenvalue weighted by atomic mass is 16.5. The van der Waals surface area contributed by atoms with Crippen LogP contribution in [0.25, 0.3) is 17.3 Å². The Kier molecular flexibility index (Phi) is 7.82. The molecule has 0 fully saturated rings. The number of aryl methyl sites for hydroxylation is 1. The van der Waals surface area contributed by atoms with E-state index in [1.54, 1.807) is 0 Å². The molecule has 6 bridgehead atoms. The van der Waals surface area contributed by atoms with E-state index in [9.17, 15) is 4.79 Å². The Morgan fingerprint density at radius 1 is 1.19 bits per heavy atom. The number of benzene rings is 2. The molecule has 7 heteroatoms. The molecule has 0 radical (unpaired) electrons. The summed E-state index contributed by atoms with van der Waals surface area (Å²) in [6.45, 7) is 8.71. The van der Waals surface area contributed by atoms with Gasteiger partial charge in [0.15, 0.2) is 0 Å². The number of carbonyl (C=O) groups is 1. The summed E-state index contributed by atoms with van der Waals surface area (Å²) < 4.78 is 5.87. The Bertz CT molecular complexity index is 1270. The predicted octanol–water partition coefficient (Wildman–Crippen LogP) is 5.06. The summed E-state index contributed by atoms with van der Waals surface area (Å²) in [7, 11) is 4.08. The number of nitrogens with zero attached hydrogens (tertiary/aromatic N) is 3. The Morgan fingerprint density at radius 3 is 2.83 bits per heavy atom. The summed E-state index contributed by atoms with van der Waals surface area (Å²) in [5, 5.41) is 6.41. The van der Waals surface area contributed by atoms with E-state index in [4.69, 9.17) is 9.72 Å². The number of carbonyl (C=O) groups excluding carboxylic acids is 1. The van der Waals surface area contributed by atoms with Gasteiger partial charge in [-0.05, 0) is 67.4 Å². The number of anilines is 2. The van der Waals surface area contributed by atoms with Gasteiger partial charge in [-0.25, -0.2) is 9.97 Å². The number of rotatable bonds is 5. The second kappa shape index (κ2) is 11.0. The molecule has 1 aromatic heterocycles. The van der Waals surface area contributed by atoms with Crippen molar-refractivity contribution in [3.8, 4) is 11.3 Å². The van der Waals surface area contributed by atoms with Crippen LogP contribution < -0.4 is 10.6 Å². The molecule has 1 aliphatic heterocycles. The number of hydrogen-bond acceptors (Lipinski definition) is 6. The largest absolute Gasteiger partial charge is 0.373 e. The van der Waals surface area contributed by atoms with Crippen molar-refractivity contribution in [3.05, 3.63) is 77.0 Å². The molecule has 1 amide bonds. The topological polar surface area (TPSA) is 79.4 Å². The van der Waals surface area contributed by atoms with Crippen molar-refractivity contribution in [2.24, 2.45) is 5.41 Å². The van der Waals surface area contributed by atoms with Gasteiger partial charge in [0, 0.05) is 36.1 Å². The summed E-state index contributed by atoms with van der Waals surface area (Å²) in [5.41, 5.74) is 6.10. The number of fused-ring (bicyclic) bond motifs is 7. The lowest BCUT2D eigenvalue weighted by molar-refractivity contribution is 0.0929. The Hall–Kier alpha value is -3.55. The highest BCUT2D eigenvalue weighted by Gasteiger charge is 2.20. The van der Waals surface area contributed by atoms with Gasteiger partial charge in [0.1, 0.15) is 0 Å². The quantitative estimate of drug-likeness (QED) is 0.526. The minimum Gasteiger partial charge on any atom is -0.373 e. The smallest absolute Gasteiger partial charge is 0.251 e. The van der Waals surface area contributed by atoms with Gasteiger partial charge in [0.05, 0.1) is 18.9 Å². The van der Waals surface area contributed by atoms with E-state index in [0.29, 0.717) is 31.3 Å². The van der Waals surface area contributed by atoms with E-state index in [-0.39, 0.29) is 11.3 Å². The Balaban J connectivity index is 1.65. The second-order valence-electron chi connectivity index (χ2n) is 10.4. The predicted molar refractivity (Wildman–Crippen MR) is 145 cm³/mol. The van der Waals surface area contributed by atoms with Gasteiger partial charge in [0.2, 0.25) is 5.95 Å². The molecular formula is C29H35N5O2. The second-order valence-corrected chi connectivity index (χ2v) is 10.4. The van der Waals surface area contributed by atoms with E-state index >= 15 is 0 Å². The van der Waals surface area contributed by atoms with Gasteiger partial charge >= 0.3 is 0 Å². The summed E-state index contributed by atoms with van der Waals surface area (Å²) >= 11 is 0. The molecule has 7 nitrogen and oxygen atoms in total. The maximum Gasteiger partial charge on any atom is 0.251 e. The zero-order valence-electron chi connectivity index (χ0n) is 21.8. The van der Waals surface area contributed by atoms with Gasteiger partial charge in [0.25, 0.3) is 5.91 Å². The molecule has 3 aromatic rings. The summed E-state index contributed by atoms with van der Waals surface area (Å²) in [5.74, 6) is 0.363. The monoisotopic (exact) mass is 485 g/mol. The fourth-order valence-corrected chi connectivity index (χ4v) is 4.45. The normalized spacial score (nSPS) is 14.4. The highest BCUT2D eigenvalue weighted by Crippen LogP contribution is 2.26. The molecule has 2 aromatic carbocycles. The minimum atomic E-state index is -0.115. The van der Waals surface area contributed by atoms with Crippen LogP contribution in [0.4, 0.5) is 11.6 Å². The van der Waals surface area contributed by atoms with Crippen molar-refractivity contribution in [2.45, 2.75) is 27.4 Å². The van der Waals surface area contributed by atoms with E-state index in [0.717, 1.165) is 40.2 Å². The molecule has 0 unspecified atom stereocenters. The number of aromatic nitrogens is 2. The average molecular weight is 486 g/mol. The lowest BCUT2D eigenvalue weighted by atomic mass is 9.93. The number of nitrogens with one attached hydrogen (secondary N) is 2. The number of amides is 1. The van der Waals surface area contributed by atoms with Crippen LogP contribution in [0.2, 0.25) is 0 Å². The van der Waals surface area contributed by atoms with Crippen molar-refractivity contribution in [1.29, 1.82) is 0 Å². The van der Waals surface area contributed by atoms with Crippen LogP contribution in [0, 0.1) is 12.3 Å². The first-order chi connectivity index (χ1) is 17.2. The van der Waals surface area contributed by atoms with Crippen molar-refractivity contribution < 1.29 is 9.53 Å². The summed E-state index contributed by atoms with van der Waals surface area (Å²) in [6.07, 6.45) is 5.75. The average Bonchev–Trinajstić information content (AvgIpc) is 2.82. The molecule has 2 N–H and O–H groups in total. The standard InChI is InChI=1S/C29H35N5O2/c1-20-16-30-28-32-25-14-21(12-24(15-25)27(35)31-18-29(2,3)19-34(4)5)9-7-11-36-17-22-8-6-10-23(13-22)26(20)33-28/h6-10,12-16H,11,17-19H2,1-5H3,(H,31,35)(H,30,32,33)/b9-7+. The first-order valence-corrected chi connectivity index (χ1v) is 12.2. The molecule has 188 valence electrons. The van der Waals surface area contributed by atoms with E-state index in [1.807, 2.05) is 69.7 Å². The van der Waals surface area contributed by atoms with Gasteiger partial charge < -0.3 is 20.3 Å². The van der Waals surface area contributed by atoms with Gasteiger partial charge in [-0.1, -0.05) is 44.2 Å². The molecule has 2 heterocycles. The highest BCUT2D eigenvalue weighted by molar-refractivity contribution is 5.96. The lowest BCUT2D eigenvalue weighted by Gasteiger charge is -2.28. The van der Waals surface area contributed by atoms with E-state index in [2.05, 4.69) is 46.5 Å². The number of hydrogen-bond donors (Lipinski definition) is 2. The summed E-state index contributed by atoms with van der Waals surface area (Å²) in [4.78, 5) is 24.5. The van der Waals surface area contributed by atoms with Crippen LogP contribution >= 0.6 is 0 Å². The van der Waals surface area contributed by atoms with Crippen molar-refractivity contribution in [2.75, 3.05) is 39.1 Å². The van der Waals surface area contributed by atoms with Crippen molar-refractivity contribution >= 4 is 23.6 Å². The molecule has 1 aliphatic rings. The Labute approximate surface area is 213 Å². The van der Waals surface area contributed by atoms with Crippen LogP contribution in [0.15, 0.2) is 54.7 Å². The maximum absolute atomic E-state index is 13.1. The third-order valence-corrected chi connectivity index (χ3v) is 5.91. The molecular weight excluding hydrogens is 450 g/mol. The van der Waals surface area contributed by atoms with E-state index < -0.39 is 0 Å². The van der Waals surface area contributed by atoms with Crippen LogP contribution in [-0.2, 0) is 11.3 Å². The fraction of sp³-hybridized carbons (Fsp3) is 0.345.